The Labute approximate surface area is 247 Å². The second-order valence-electron chi connectivity index (χ2n) is 10.5. The lowest BCUT2D eigenvalue weighted by Gasteiger charge is -2.31. The number of hydrogen-bond acceptors (Lipinski definition) is 6. The molecule has 1 spiro atoms. The summed E-state index contributed by atoms with van der Waals surface area (Å²) in [6, 6.07) is 6.56. The molecule has 232 valence electrons. The van der Waals surface area contributed by atoms with Crippen LogP contribution in [0.15, 0.2) is 54.9 Å². The SMILES string of the molecule is CNC(=O)Cn1cc(-c2ccc3c(c2)[C@H](F)C[C@]32OC(=O)N(CC(=O)N(Cc3ccc(F)cc3)[C@@H](C)C(F)(F)F)C2=O)cn1. The van der Waals surface area contributed by atoms with Crippen molar-refractivity contribution in [1.82, 2.24) is 24.9 Å². The minimum absolute atomic E-state index is 0.0433. The van der Waals surface area contributed by atoms with E-state index in [2.05, 4.69) is 10.4 Å². The molecular weight excluding hydrogens is 593 g/mol. The molecule has 0 saturated carbocycles. The summed E-state index contributed by atoms with van der Waals surface area (Å²) in [7, 11) is 1.48. The summed E-state index contributed by atoms with van der Waals surface area (Å²) in [4.78, 5) is 52.1. The van der Waals surface area contributed by atoms with Crippen LogP contribution >= 0.6 is 0 Å². The fourth-order valence-corrected chi connectivity index (χ4v) is 5.28. The van der Waals surface area contributed by atoms with Gasteiger partial charge in [0.2, 0.25) is 17.4 Å². The van der Waals surface area contributed by atoms with Gasteiger partial charge in [0.1, 0.15) is 31.1 Å². The van der Waals surface area contributed by atoms with Gasteiger partial charge in [0, 0.05) is 37.3 Å². The lowest BCUT2D eigenvalue weighted by atomic mass is 9.93. The molecule has 1 N–H and O–H groups in total. The van der Waals surface area contributed by atoms with Gasteiger partial charge in [0.15, 0.2) is 0 Å². The van der Waals surface area contributed by atoms with Crippen LogP contribution in [0.1, 0.15) is 36.2 Å². The number of nitrogens with one attached hydrogen (secondary N) is 1. The molecule has 0 unspecified atom stereocenters. The average Bonchev–Trinajstić information content (AvgIpc) is 3.62. The number of rotatable bonds is 8. The van der Waals surface area contributed by atoms with Crippen LogP contribution in [0.4, 0.5) is 26.7 Å². The van der Waals surface area contributed by atoms with Crippen molar-refractivity contribution in [2.24, 2.45) is 0 Å². The van der Waals surface area contributed by atoms with Gasteiger partial charge in [-0.25, -0.2) is 18.5 Å². The van der Waals surface area contributed by atoms with Crippen molar-refractivity contribution in [3.8, 4) is 11.1 Å². The van der Waals surface area contributed by atoms with E-state index in [0.29, 0.717) is 20.9 Å². The number of aromatic nitrogens is 2. The van der Waals surface area contributed by atoms with E-state index >= 15 is 4.39 Å². The number of alkyl halides is 4. The van der Waals surface area contributed by atoms with E-state index < -0.39 is 67.2 Å². The van der Waals surface area contributed by atoms with Gasteiger partial charge in [-0.2, -0.15) is 18.3 Å². The molecule has 10 nitrogen and oxygen atoms in total. The van der Waals surface area contributed by atoms with Crippen molar-refractivity contribution in [2.75, 3.05) is 13.6 Å². The number of carbonyl (C=O) groups excluding carboxylic acids is 4. The molecule has 0 radical (unpaired) electrons. The topological polar surface area (TPSA) is 114 Å². The van der Waals surface area contributed by atoms with Crippen LogP contribution in [0.2, 0.25) is 0 Å². The number of halogens is 5. The molecule has 5 rings (SSSR count). The van der Waals surface area contributed by atoms with Gasteiger partial charge in [0.05, 0.1) is 6.20 Å². The van der Waals surface area contributed by atoms with Crippen molar-refractivity contribution >= 4 is 23.8 Å². The number of nitrogens with zero attached hydrogens (tertiary/aromatic N) is 4. The molecule has 1 fully saturated rings. The van der Waals surface area contributed by atoms with Crippen LogP contribution in [-0.2, 0) is 37.8 Å². The normalized spacial score (nSPS) is 20.1. The molecule has 2 heterocycles. The smallest absolute Gasteiger partial charge is 0.418 e. The number of ether oxygens (including phenoxy) is 1. The maximum Gasteiger partial charge on any atom is 0.418 e. The van der Waals surface area contributed by atoms with Crippen molar-refractivity contribution < 1.29 is 45.9 Å². The Morgan fingerprint density at radius 3 is 2.50 bits per heavy atom. The summed E-state index contributed by atoms with van der Waals surface area (Å²) in [5.41, 5.74) is -0.764. The number of hydrogen-bond donors (Lipinski definition) is 1. The second kappa shape index (κ2) is 11.4. The third-order valence-electron chi connectivity index (χ3n) is 7.74. The molecule has 44 heavy (non-hydrogen) atoms. The minimum atomic E-state index is -4.85. The molecule has 1 saturated heterocycles. The number of amides is 4. The molecule has 0 bridgehead atoms. The Bertz CT molecular complexity index is 1630. The van der Waals surface area contributed by atoms with Crippen molar-refractivity contribution in [2.45, 2.75) is 50.4 Å². The molecule has 3 atom stereocenters. The summed E-state index contributed by atoms with van der Waals surface area (Å²) >= 11 is 0. The van der Waals surface area contributed by atoms with Gasteiger partial charge < -0.3 is 15.0 Å². The summed E-state index contributed by atoms with van der Waals surface area (Å²) < 4.78 is 76.5. The molecule has 15 heteroatoms. The zero-order valence-electron chi connectivity index (χ0n) is 23.4. The van der Waals surface area contributed by atoms with Crippen molar-refractivity contribution in [3.63, 3.8) is 0 Å². The largest absolute Gasteiger partial charge is 0.427 e. The summed E-state index contributed by atoms with van der Waals surface area (Å²) in [6.45, 7) is -0.970. The van der Waals surface area contributed by atoms with Gasteiger partial charge in [-0.15, -0.1) is 0 Å². The molecular formula is C29H26F5N5O5. The number of imide groups is 1. The van der Waals surface area contributed by atoms with Crippen molar-refractivity contribution in [1.29, 1.82) is 0 Å². The Kier molecular flexibility index (Phi) is 7.90. The Hall–Kier alpha value is -4.82. The van der Waals surface area contributed by atoms with Crippen LogP contribution < -0.4 is 5.32 Å². The maximum absolute atomic E-state index is 15.4. The van der Waals surface area contributed by atoms with E-state index in [9.17, 15) is 36.7 Å². The highest BCUT2D eigenvalue weighted by atomic mass is 19.4. The lowest BCUT2D eigenvalue weighted by molar-refractivity contribution is -0.187. The summed E-state index contributed by atoms with van der Waals surface area (Å²) in [5, 5.41) is 6.58. The van der Waals surface area contributed by atoms with E-state index in [1.54, 1.807) is 12.3 Å². The lowest BCUT2D eigenvalue weighted by Crippen LogP contribution is -2.51. The van der Waals surface area contributed by atoms with E-state index in [1.165, 1.54) is 42.2 Å². The molecule has 4 amide bonds. The van der Waals surface area contributed by atoms with E-state index in [1.807, 2.05) is 0 Å². The summed E-state index contributed by atoms with van der Waals surface area (Å²) in [6.07, 6.45) is -5.45. The van der Waals surface area contributed by atoms with E-state index in [0.717, 1.165) is 19.1 Å². The molecule has 1 aromatic heterocycles. The first-order chi connectivity index (χ1) is 20.7. The van der Waals surface area contributed by atoms with Gasteiger partial charge in [0.25, 0.3) is 5.91 Å². The Morgan fingerprint density at radius 2 is 1.84 bits per heavy atom. The minimum Gasteiger partial charge on any atom is -0.427 e. The highest BCUT2D eigenvalue weighted by Gasteiger charge is 2.61. The van der Waals surface area contributed by atoms with Crippen LogP contribution in [-0.4, -0.2) is 69.2 Å². The van der Waals surface area contributed by atoms with Gasteiger partial charge in [-0.1, -0.05) is 24.3 Å². The first kappa shape index (κ1) is 30.6. The second-order valence-corrected chi connectivity index (χ2v) is 10.5. The quantitative estimate of drug-likeness (QED) is 0.382. The summed E-state index contributed by atoms with van der Waals surface area (Å²) in [5.74, 6) is -3.21. The van der Waals surface area contributed by atoms with Crippen LogP contribution in [0, 0.1) is 5.82 Å². The number of carbonyl (C=O) groups is 4. The average molecular weight is 620 g/mol. The predicted molar refractivity (Wildman–Crippen MR) is 143 cm³/mol. The molecule has 2 aromatic carbocycles. The highest BCUT2D eigenvalue weighted by Crippen LogP contribution is 2.52. The van der Waals surface area contributed by atoms with E-state index in [-0.39, 0.29) is 29.1 Å². The Morgan fingerprint density at radius 1 is 1.14 bits per heavy atom. The Balaban J connectivity index is 1.39. The number of benzene rings is 2. The van der Waals surface area contributed by atoms with E-state index in [4.69, 9.17) is 4.74 Å². The first-order valence-corrected chi connectivity index (χ1v) is 13.4. The third-order valence-corrected chi connectivity index (χ3v) is 7.74. The highest BCUT2D eigenvalue weighted by molar-refractivity contribution is 6.06. The van der Waals surface area contributed by atoms with Crippen LogP contribution in [0.5, 0.6) is 0 Å². The molecule has 1 aliphatic heterocycles. The van der Waals surface area contributed by atoms with Gasteiger partial charge in [-0.3, -0.25) is 19.1 Å². The maximum atomic E-state index is 15.4. The van der Waals surface area contributed by atoms with Gasteiger partial charge in [-0.05, 0) is 41.8 Å². The van der Waals surface area contributed by atoms with Crippen LogP contribution in [0.25, 0.3) is 11.1 Å². The monoisotopic (exact) mass is 619 g/mol. The standard InChI is InChI=1S/C29H26F5N5O5/c1-16(29(32,33)34)38(12-17-3-6-20(30)7-4-17)25(41)15-39-26(42)28(44-27(39)43)10-23(31)21-9-18(5-8-22(21)28)19-11-36-37(13-19)14-24(40)35-2/h3-9,11,13,16,23H,10,12,14-15H2,1-2H3,(H,35,40)/t16-,23+,28-/m0/s1. The fourth-order valence-electron chi connectivity index (χ4n) is 5.28. The molecule has 3 aromatic rings. The predicted octanol–water partition coefficient (Wildman–Crippen LogP) is 4.00. The van der Waals surface area contributed by atoms with Gasteiger partial charge >= 0.3 is 12.3 Å². The first-order valence-electron chi connectivity index (χ1n) is 13.4. The zero-order valence-corrected chi connectivity index (χ0v) is 23.4. The zero-order chi connectivity index (χ0) is 32.0. The molecule has 1 aliphatic carbocycles. The van der Waals surface area contributed by atoms with Crippen LogP contribution in [0.3, 0.4) is 0 Å². The third kappa shape index (κ3) is 5.61. The van der Waals surface area contributed by atoms with Crippen molar-refractivity contribution in [3.05, 3.63) is 77.4 Å². The number of fused-ring (bicyclic) bond motifs is 2. The molecule has 2 aliphatic rings. The fraction of sp³-hybridized carbons (Fsp3) is 0.345. The number of likely N-dealkylation sites (N-methyl/N-ethyl adjacent to an activating group) is 1.